The van der Waals surface area contributed by atoms with Crippen LogP contribution >= 0.6 is 24.0 Å². The van der Waals surface area contributed by atoms with Crippen LogP contribution in [0.2, 0.25) is 0 Å². The third kappa shape index (κ3) is 5.46. The molecule has 0 unspecified atom stereocenters. The molecule has 28 heavy (non-hydrogen) atoms. The second-order valence-corrected chi connectivity index (χ2v) is 7.59. The molecule has 2 aromatic carbocycles. The Morgan fingerprint density at radius 1 is 1.21 bits per heavy atom. The molecule has 0 fully saturated rings. The number of carbonyl (C=O) groups excluding carboxylic acids is 1. The number of rotatable bonds is 9. The van der Waals surface area contributed by atoms with Gasteiger partial charge in [-0.2, -0.15) is 5.10 Å². The Kier molecular flexibility index (Phi) is 7.27. The zero-order valence-corrected chi connectivity index (χ0v) is 17.2. The zero-order chi connectivity index (χ0) is 19.8. The lowest BCUT2D eigenvalue weighted by Gasteiger charge is -2.09. The summed E-state index contributed by atoms with van der Waals surface area (Å²) in [4.78, 5) is 13.6. The van der Waals surface area contributed by atoms with Gasteiger partial charge in [-0.15, -0.1) is 11.8 Å². The van der Waals surface area contributed by atoms with Crippen LogP contribution in [0.3, 0.4) is 0 Å². The highest BCUT2D eigenvalue weighted by Gasteiger charge is 2.12. The summed E-state index contributed by atoms with van der Waals surface area (Å²) in [7, 11) is 1.62. The highest BCUT2D eigenvalue weighted by atomic mass is 32.2. The maximum atomic E-state index is 12.3. The lowest BCUT2D eigenvalue weighted by molar-refractivity contribution is -0.121. The summed E-state index contributed by atoms with van der Waals surface area (Å²) in [5.41, 5.74) is 0.861. The van der Waals surface area contributed by atoms with Crippen molar-refractivity contribution in [1.29, 1.82) is 0 Å². The molecule has 0 bridgehead atoms. The summed E-state index contributed by atoms with van der Waals surface area (Å²) in [6, 6.07) is 17.7. The highest BCUT2D eigenvalue weighted by Crippen LogP contribution is 2.21. The van der Waals surface area contributed by atoms with Gasteiger partial charge in [-0.05, 0) is 60.8 Å². The van der Waals surface area contributed by atoms with Crippen LogP contribution in [0.5, 0.6) is 5.75 Å². The molecule has 1 amide bonds. The third-order valence-electron chi connectivity index (χ3n) is 4.06. The van der Waals surface area contributed by atoms with Gasteiger partial charge < -0.3 is 10.1 Å². The molecule has 0 aliphatic rings. The summed E-state index contributed by atoms with van der Waals surface area (Å²) in [6.45, 7) is 0.754. The van der Waals surface area contributed by atoms with Gasteiger partial charge in [0.05, 0.1) is 7.11 Å². The van der Waals surface area contributed by atoms with Gasteiger partial charge in [0, 0.05) is 17.0 Å². The second kappa shape index (κ2) is 10.1. The summed E-state index contributed by atoms with van der Waals surface area (Å²) in [5, 5.41) is 9.98. The number of nitrogens with zero attached hydrogens (tertiary/aromatic N) is 2. The predicted octanol–water partition coefficient (Wildman–Crippen LogP) is 3.91. The van der Waals surface area contributed by atoms with Crippen LogP contribution in [-0.4, -0.2) is 40.1 Å². The van der Waals surface area contributed by atoms with E-state index in [2.05, 4.69) is 27.6 Å². The number of hydrogen-bond donors (Lipinski definition) is 2. The largest absolute Gasteiger partial charge is 0.497 e. The number of nitrogens with one attached hydrogen (secondary N) is 2. The molecule has 3 rings (SSSR count). The molecule has 0 saturated heterocycles. The molecular formula is C20H22N4O2S2. The molecule has 6 nitrogen and oxygen atoms in total. The van der Waals surface area contributed by atoms with Crippen molar-refractivity contribution in [3.05, 3.63) is 59.4 Å². The van der Waals surface area contributed by atoms with Crippen molar-refractivity contribution >= 4 is 29.9 Å². The van der Waals surface area contributed by atoms with Crippen LogP contribution in [0.4, 0.5) is 0 Å². The predicted molar refractivity (Wildman–Crippen MR) is 114 cm³/mol. The molecule has 3 aromatic rings. The van der Waals surface area contributed by atoms with E-state index in [4.69, 9.17) is 17.0 Å². The maximum Gasteiger partial charge on any atom is 0.240 e. The van der Waals surface area contributed by atoms with E-state index in [1.54, 1.807) is 23.4 Å². The number of carbonyl (C=O) groups is 1. The molecule has 0 aliphatic carbocycles. The summed E-state index contributed by atoms with van der Waals surface area (Å²) in [6.07, 6.45) is 0.896. The smallest absolute Gasteiger partial charge is 0.240 e. The minimum atomic E-state index is -0.0861. The van der Waals surface area contributed by atoms with E-state index in [0.29, 0.717) is 17.1 Å². The monoisotopic (exact) mass is 414 g/mol. The Morgan fingerprint density at radius 3 is 2.68 bits per heavy atom. The summed E-state index contributed by atoms with van der Waals surface area (Å²) < 4.78 is 7.29. The van der Waals surface area contributed by atoms with E-state index in [-0.39, 0.29) is 12.5 Å². The normalized spacial score (nSPS) is 10.6. The number of ether oxygens (including phenoxy) is 1. The van der Waals surface area contributed by atoms with Gasteiger partial charge >= 0.3 is 0 Å². The molecule has 0 radical (unpaired) electrons. The number of benzene rings is 2. The van der Waals surface area contributed by atoms with Crippen molar-refractivity contribution in [2.45, 2.75) is 17.9 Å². The number of aromatic nitrogens is 3. The standard InChI is InChI=1S/C20H22N4O2S2/c1-26-16-10-8-15(9-11-16)19-22-23-20(27)24(19)14-18(25)21-12-5-13-28-17-6-3-2-4-7-17/h2-4,6-11H,5,12-14H2,1H3,(H,21,25)(H,23,27). The van der Waals surface area contributed by atoms with E-state index in [9.17, 15) is 4.79 Å². The number of H-pyrrole nitrogens is 1. The SMILES string of the molecule is COc1ccc(-c2n[nH]c(=S)n2CC(=O)NCCCSc2ccccc2)cc1. The fourth-order valence-electron chi connectivity index (χ4n) is 2.63. The fourth-order valence-corrected chi connectivity index (χ4v) is 3.70. The molecule has 0 aliphatic heterocycles. The summed E-state index contributed by atoms with van der Waals surface area (Å²) in [5.74, 6) is 2.25. The van der Waals surface area contributed by atoms with Crippen molar-refractivity contribution < 1.29 is 9.53 Å². The Labute approximate surface area is 173 Å². The zero-order valence-electron chi connectivity index (χ0n) is 15.6. The number of hydrogen-bond acceptors (Lipinski definition) is 5. The molecular weight excluding hydrogens is 392 g/mol. The molecule has 0 atom stereocenters. The molecule has 0 saturated carbocycles. The van der Waals surface area contributed by atoms with Crippen LogP contribution in [0.25, 0.3) is 11.4 Å². The average Bonchev–Trinajstić information content (AvgIpc) is 3.09. The second-order valence-electron chi connectivity index (χ2n) is 6.03. The Hall–Kier alpha value is -2.58. The minimum Gasteiger partial charge on any atom is -0.497 e. The first kappa shape index (κ1) is 20.2. The van der Waals surface area contributed by atoms with Crippen LogP contribution < -0.4 is 10.1 Å². The average molecular weight is 415 g/mol. The molecule has 1 heterocycles. The van der Waals surface area contributed by atoms with Gasteiger partial charge in [0.25, 0.3) is 0 Å². The van der Waals surface area contributed by atoms with E-state index in [0.717, 1.165) is 23.5 Å². The lowest BCUT2D eigenvalue weighted by atomic mass is 10.2. The third-order valence-corrected chi connectivity index (χ3v) is 5.47. The number of methoxy groups -OCH3 is 1. The lowest BCUT2D eigenvalue weighted by Crippen LogP contribution is -2.29. The van der Waals surface area contributed by atoms with Gasteiger partial charge in [0.15, 0.2) is 10.6 Å². The van der Waals surface area contributed by atoms with E-state index in [1.165, 1.54) is 4.90 Å². The molecule has 2 N–H and O–H groups in total. The topological polar surface area (TPSA) is 71.9 Å². The van der Waals surface area contributed by atoms with Crippen LogP contribution in [0, 0.1) is 4.77 Å². The Morgan fingerprint density at radius 2 is 1.96 bits per heavy atom. The van der Waals surface area contributed by atoms with Gasteiger partial charge in [0.1, 0.15) is 12.3 Å². The first-order chi connectivity index (χ1) is 13.7. The van der Waals surface area contributed by atoms with Crippen LogP contribution in [0.1, 0.15) is 6.42 Å². The van der Waals surface area contributed by atoms with Crippen molar-refractivity contribution in [1.82, 2.24) is 20.1 Å². The van der Waals surface area contributed by atoms with Crippen LogP contribution in [-0.2, 0) is 11.3 Å². The van der Waals surface area contributed by atoms with Crippen molar-refractivity contribution in [3.63, 3.8) is 0 Å². The van der Waals surface area contributed by atoms with Crippen LogP contribution in [0.15, 0.2) is 59.5 Å². The van der Waals surface area contributed by atoms with E-state index >= 15 is 0 Å². The van der Waals surface area contributed by atoms with E-state index in [1.807, 2.05) is 42.5 Å². The van der Waals surface area contributed by atoms with Gasteiger partial charge in [-0.3, -0.25) is 14.5 Å². The minimum absolute atomic E-state index is 0.0861. The maximum absolute atomic E-state index is 12.3. The molecule has 146 valence electrons. The van der Waals surface area contributed by atoms with Gasteiger partial charge in [-0.1, -0.05) is 18.2 Å². The number of aromatic amines is 1. The summed E-state index contributed by atoms with van der Waals surface area (Å²) >= 11 is 7.07. The first-order valence-corrected chi connectivity index (χ1v) is 10.3. The van der Waals surface area contributed by atoms with Crippen molar-refractivity contribution in [3.8, 4) is 17.1 Å². The Bertz CT molecular complexity index is 952. The van der Waals surface area contributed by atoms with Gasteiger partial charge in [0.2, 0.25) is 5.91 Å². The van der Waals surface area contributed by atoms with E-state index < -0.39 is 0 Å². The first-order valence-electron chi connectivity index (χ1n) is 8.91. The fraction of sp³-hybridized carbons (Fsp3) is 0.250. The number of thioether (sulfide) groups is 1. The quantitative estimate of drug-likeness (QED) is 0.315. The van der Waals surface area contributed by atoms with Crippen molar-refractivity contribution in [2.75, 3.05) is 19.4 Å². The molecule has 1 aromatic heterocycles. The van der Waals surface area contributed by atoms with Crippen molar-refractivity contribution in [2.24, 2.45) is 0 Å². The highest BCUT2D eigenvalue weighted by molar-refractivity contribution is 7.99. The molecule has 8 heteroatoms. The number of amides is 1. The van der Waals surface area contributed by atoms with Gasteiger partial charge in [-0.25, -0.2) is 0 Å². The Balaban J connectivity index is 1.51. The molecule has 0 spiro atoms.